The molecular weight excluding hydrogens is 384 g/mol. The Hall–Kier alpha value is -1.70. The van der Waals surface area contributed by atoms with Crippen molar-refractivity contribution < 1.29 is 9.53 Å². The van der Waals surface area contributed by atoms with Crippen LogP contribution in [-0.4, -0.2) is 54.0 Å². The van der Waals surface area contributed by atoms with Crippen molar-refractivity contribution in [3.63, 3.8) is 0 Å². The minimum Gasteiger partial charge on any atom is -0.381 e. The molecule has 2 aliphatic rings. The van der Waals surface area contributed by atoms with Crippen LogP contribution in [0.4, 0.5) is 5.69 Å². The predicted octanol–water partition coefficient (Wildman–Crippen LogP) is 3.41. The van der Waals surface area contributed by atoms with Crippen molar-refractivity contribution in [3.8, 4) is 0 Å². The number of rotatable bonds is 5. The molecule has 4 rings (SSSR count). The molecule has 2 aliphatic heterocycles. The van der Waals surface area contributed by atoms with Crippen LogP contribution in [-0.2, 0) is 9.53 Å². The molecule has 0 saturated carbocycles. The summed E-state index contributed by atoms with van der Waals surface area (Å²) in [7, 11) is 1.66. The Bertz CT molecular complexity index is 876. The average molecular weight is 407 g/mol. The van der Waals surface area contributed by atoms with E-state index in [1.54, 1.807) is 18.8 Å². The van der Waals surface area contributed by atoms with E-state index in [0.717, 1.165) is 59.1 Å². The third-order valence-electron chi connectivity index (χ3n) is 4.92. The van der Waals surface area contributed by atoms with Crippen molar-refractivity contribution in [1.29, 1.82) is 0 Å². The summed E-state index contributed by atoms with van der Waals surface area (Å²) in [5.74, 6) is 0.850. The van der Waals surface area contributed by atoms with Crippen molar-refractivity contribution in [3.05, 3.63) is 28.9 Å². The molecule has 0 spiro atoms. The molecule has 1 fully saturated rings. The van der Waals surface area contributed by atoms with Crippen LogP contribution in [0.5, 0.6) is 0 Å². The minimum atomic E-state index is 0.0250. The second-order valence-corrected chi connectivity index (χ2v) is 8.35. The first-order valence-electron chi connectivity index (χ1n) is 9.20. The second-order valence-electron chi connectivity index (χ2n) is 6.91. The quantitative estimate of drug-likeness (QED) is 0.711. The number of carbonyl (C=O) groups excluding carboxylic acids is 1. The summed E-state index contributed by atoms with van der Waals surface area (Å²) in [6, 6.07) is 6.44. The number of H-pyrrole nitrogens is 1. The van der Waals surface area contributed by atoms with E-state index in [0.29, 0.717) is 17.5 Å². The van der Waals surface area contributed by atoms with Gasteiger partial charge in [-0.2, -0.15) is 0 Å². The fraction of sp³-hybridized carbons (Fsp3) is 0.474. The molecule has 2 aromatic rings. The number of nitrogens with one attached hydrogen (secondary N) is 3. The fourth-order valence-corrected chi connectivity index (χ4v) is 4.74. The summed E-state index contributed by atoms with van der Waals surface area (Å²) >= 11 is 8.03. The van der Waals surface area contributed by atoms with Gasteiger partial charge in [0.15, 0.2) is 0 Å². The SMILES string of the molecule is CNC(=O)CC1CSC(c2cc3cc(Cl)cc(NC4CCOCC4)c3[nH]2)=N1. The van der Waals surface area contributed by atoms with Crippen LogP contribution < -0.4 is 10.6 Å². The van der Waals surface area contributed by atoms with Crippen LogP contribution in [0.25, 0.3) is 10.9 Å². The maximum absolute atomic E-state index is 11.6. The summed E-state index contributed by atoms with van der Waals surface area (Å²) in [5, 5.41) is 9.00. The Kier molecular flexibility index (Phi) is 5.61. The van der Waals surface area contributed by atoms with Crippen LogP contribution >= 0.6 is 23.4 Å². The van der Waals surface area contributed by atoms with E-state index in [1.165, 1.54) is 0 Å². The first kappa shape index (κ1) is 18.7. The van der Waals surface area contributed by atoms with Gasteiger partial charge in [-0.05, 0) is 31.0 Å². The van der Waals surface area contributed by atoms with E-state index >= 15 is 0 Å². The van der Waals surface area contributed by atoms with Gasteiger partial charge in [0.25, 0.3) is 0 Å². The Labute approximate surface area is 167 Å². The van der Waals surface area contributed by atoms with Crippen LogP contribution in [0.1, 0.15) is 25.0 Å². The highest BCUT2D eigenvalue weighted by molar-refractivity contribution is 8.14. The number of thioether (sulfide) groups is 1. The molecule has 3 heterocycles. The molecule has 1 unspecified atom stereocenters. The Balaban J connectivity index is 1.59. The number of nitrogens with zero attached hydrogens (tertiary/aromatic N) is 1. The maximum Gasteiger partial charge on any atom is 0.221 e. The van der Waals surface area contributed by atoms with Crippen molar-refractivity contribution in [2.24, 2.45) is 4.99 Å². The van der Waals surface area contributed by atoms with E-state index in [2.05, 4.69) is 21.7 Å². The summed E-state index contributed by atoms with van der Waals surface area (Å²) in [6.07, 6.45) is 2.41. The molecule has 8 heteroatoms. The lowest BCUT2D eigenvalue weighted by Crippen LogP contribution is -2.27. The van der Waals surface area contributed by atoms with E-state index in [4.69, 9.17) is 21.3 Å². The molecule has 1 aromatic carbocycles. The lowest BCUT2D eigenvalue weighted by Gasteiger charge is -2.24. The molecule has 0 bridgehead atoms. The largest absolute Gasteiger partial charge is 0.381 e. The number of halogens is 1. The number of hydrogen-bond acceptors (Lipinski definition) is 5. The lowest BCUT2D eigenvalue weighted by molar-refractivity contribution is -0.120. The molecule has 1 saturated heterocycles. The molecule has 1 atom stereocenters. The van der Waals surface area contributed by atoms with Gasteiger partial charge >= 0.3 is 0 Å². The van der Waals surface area contributed by atoms with E-state index in [-0.39, 0.29) is 11.9 Å². The highest BCUT2D eigenvalue weighted by atomic mass is 35.5. The van der Waals surface area contributed by atoms with Gasteiger partial charge in [-0.1, -0.05) is 11.6 Å². The second kappa shape index (κ2) is 8.12. The zero-order chi connectivity index (χ0) is 18.8. The number of ether oxygens (including phenoxy) is 1. The number of anilines is 1. The van der Waals surface area contributed by atoms with Crippen molar-refractivity contribution in [2.45, 2.75) is 31.3 Å². The molecule has 144 valence electrons. The van der Waals surface area contributed by atoms with E-state index in [1.807, 2.05) is 12.1 Å². The number of amides is 1. The highest BCUT2D eigenvalue weighted by Crippen LogP contribution is 2.32. The van der Waals surface area contributed by atoms with Crippen LogP contribution in [0.2, 0.25) is 5.02 Å². The molecule has 0 aliphatic carbocycles. The maximum atomic E-state index is 11.6. The molecule has 1 aromatic heterocycles. The standard InChI is InChI=1S/C19H23ClN4O2S/c1-21-17(25)9-14-10-27-19(23-14)16-7-11-6-12(20)8-15(18(11)24-16)22-13-2-4-26-5-3-13/h6-8,13-14,22,24H,2-5,9-10H2,1H3,(H,21,25). The van der Waals surface area contributed by atoms with Gasteiger partial charge in [0.2, 0.25) is 5.91 Å². The van der Waals surface area contributed by atoms with E-state index < -0.39 is 0 Å². The molecule has 6 nitrogen and oxygen atoms in total. The summed E-state index contributed by atoms with van der Waals surface area (Å²) < 4.78 is 5.44. The van der Waals surface area contributed by atoms with Crippen molar-refractivity contribution in [2.75, 3.05) is 31.3 Å². The van der Waals surface area contributed by atoms with Crippen LogP contribution in [0.15, 0.2) is 23.2 Å². The van der Waals surface area contributed by atoms with Gasteiger partial charge in [-0.3, -0.25) is 9.79 Å². The van der Waals surface area contributed by atoms with Gasteiger partial charge in [0.1, 0.15) is 5.04 Å². The number of aliphatic imine (C=N–C) groups is 1. The fourth-order valence-electron chi connectivity index (χ4n) is 3.48. The summed E-state index contributed by atoms with van der Waals surface area (Å²) in [5.41, 5.74) is 3.03. The zero-order valence-electron chi connectivity index (χ0n) is 15.2. The van der Waals surface area contributed by atoms with Crippen molar-refractivity contribution >= 4 is 50.9 Å². The molecule has 27 heavy (non-hydrogen) atoms. The van der Waals surface area contributed by atoms with E-state index in [9.17, 15) is 4.79 Å². The normalized spacial score (nSPS) is 20.7. The first-order valence-corrected chi connectivity index (χ1v) is 10.6. The minimum absolute atomic E-state index is 0.0250. The van der Waals surface area contributed by atoms with Crippen LogP contribution in [0, 0.1) is 0 Å². The number of fused-ring (bicyclic) bond motifs is 1. The Morgan fingerprint density at radius 1 is 1.37 bits per heavy atom. The average Bonchev–Trinajstić information content (AvgIpc) is 3.29. The lowest BCUT2D eigenvalue weighted by atomic mass is 10.1. The predicted molar refractivity (Wildman–Crippen MR) is 112 cm³/mol. The number of aromatic nitrogens is 1. The molecule has 1 amide bonds. The van der Waals surface area contributed by atoms with Crippen molar-refractivity contribution in [1.82, 2.24) is 10.3 Å². The smallest absolute Gasteiger partial charge is 0.221 e. The molecule has 0 radical (unpaired) electrons. The molecule has 3 N–H and O–H groups in total. The van der Waals surface area contributed by atoms with Gasteiger partial charge < -0.3 is 20.4 Å². The van der Waals surface area contributed by atoms with Gasteiger partial charge in [0.05, 0.1) is 22.9 Å². The number of benzene rings is 1. The highest BCUT2D eigenvalue weighted by Gasteiger charge is 2.23. The summed E-state index contributed by atoms with van der Waals surface area (Å²) in [6.45, 7) is 1.58. The van der Waals surface area contributed by atoms with Gasteiger partial charge in [-0.15, -0.1) is 11.8 Å². The molecular formula is C19H23ClN4O2S. The third-order valence-corrected chi connectivity index (χ3v) is 6.29. The number of hydrogen-bond donors (Lipinski definition) is 3. The third kappa shape index (κ3) is 4.25. The number of carbonyl (C=O) groups is 1. The Morgan fingerprint density at radius 2 is 2.19 bits per heavy atom. The van der Waals surface area contributed by atoms with Gasteiger partial charge in [0, 0.05) is 48.9 Å². The van der Waals surface area contributed by atoms with Crippen LogP contribution in [0.3, 0.4) is 0 Å². The number of aromatic amines is 1. The monoisotopic (exact) mass is 406 g/mol. The Morgan fingerprint density at radius 3 is 2.96 bits per heavy atom. The first-order chi connectivity index (χ1) is 13.1. The summed E-state index contributed by atoms with van der Waals surface area (Å²) in [4.78, 5) is 19.8. The zero-order valence-corrected chi connectivity index (χ0v) is 16.8. The topological polar surface area (TPSA) is 78.5 Å². The van der Waals surface area contributed by atoms with Gasteiger partial charge in [-0.25, -0.2) is 0 Å².